The standard InChI is InChI=1S/C18H17N3OS/c1-23-17-14-8-4-5-9-16(14)21-10-15(19-18(21)20-17)13-7-3-2-6-12(13)11-22/h2-3,6-7,10-11H,4-5,8-9H2,1H3. The maximum absolute atomic E-state index is 11.3. The first-order chi connectivity index (χ1) is 11.3. The van der Waals surface area contributed by atoms with Crippen LogP contribution >= 0.6 is 11.8 Å². The molecule has 0 amide bonds. The number of hydrogen-bond acceptors (Lipinski definition) is 4. The number of rotatable bonds is 3. The number of hydrogen-bond donors (Lipinski definition) is 0. The van der Waals surface area contributed by atoms with Crippen LogP contribution < -0.4 is 0 Å². The van der Waals surface area contributed by atoms with Crippen molar-refractivity contribution >= 4 is 23.8 Å². The average molecular weight is 323 g/mol. The smallest absolute Gasteiger partial charge is 0.235 e. The van der Waals surface area contributed by atoms with Gasteiger partial charge in [0, 0.05) is 28.6 Å². The van der Waals surface area contributed by atoms with Gasteiger partial charge in [0.25, 0.3) is 0 Å². The molecule has 0 atom stereocenters. The Kier molecular flexibility index (Phi) is 3.65. The Bertz CT molecular complexity index is 901. The van der Waals surface area contributed by atoms with Crippen LogP contribution in [0.1, 0.15) is 34.5 Å². The third-order valence-corrected chi connectivity index (χ3v) is 5.16. The quantitative estimate of drug-likeness (QED) is 0.418. The Morgan fingerprint density at radius 3 is 2.83 bits per heavy atom. The van der Waals surface area contributed by atoms with E-state index < -0.39 is 0 Å². The topological polar surface area (TPSA) is 47.3 Å². The molecule has 0 fully saturated rings. The van der Waals surface area contributed by atoms with Gasteiger partial charge in [-0.05, 0) is 31.9 Å². The van der Waals surface area contributed by atoms with Gasteiger partial charge in [-0.25, -0.2) is 9.97 Å². The van der Waals surface area contributed by atoms with Crippen molar-refractivity contribution < 1.29 is 4.79 Å². The van der Waals surface area contributed by atoms with Crippen molar-refractivity contribution in [3.05, 3.63) is 47.3 Å². The lowest BCUT2D eigenvalue weighted by Gasteiger charge is -2.19. The van der Waals surface area contributed by atoms with Crippen molar-refractivity contribution in [3.63, 3.8) is 0 Å². The zero-order valence-electron chi connectivity index (χ0n) is 13.0. The minimum Gasteiger partial charge on any atom is -0.298 e. The van der Waals surface area contributed by atoms with E-state index in [1.54, 1.807) is 11.8 Å². The highest BCUT2D eigenvalue weighted by Gasteiger charge is 2.20. The van der Waals surface area contributed by atoms with Crippen LogP contribution in [0.5, 0.6) is 0 Å². The van der Waals surface area contributed by atoms with Crippen LogP contribution in [0.15, 0.2) is 35.5 Å². The first-order valence-electron chi connectivity index (χ1n) is 7.81. The highest BCUT2D eigenvalue weighted by atomic mass is 32.2. The molecule has 2 heterocycles. The second kappa shape index (κ2) is 5.81. The van der Waals surface area contributed by atoms with Gasteiger partial charge in [-0.15, -0.1) is 11.8 Å². The van der Waals surface area contributed by atoms with Crippen LogP contribution in [0.2, 0.25) is 0 Å². The lowest BCUT2D eigenvalue weighted by molar-refractivity contribution is 0.112. The highest BCUT2D eigenvalue weighted by Crippen LogP contribution is 2.31. The Hall–Kier alpha value is -2.14. The third-order valence-electron chi connectivity index (χ3n) is 4.43. The molecule has 0 unspecified atom stereocenters. The molecule has 1 aliphatic rings. The van der Waals surface area contributed by atoms with Crippen molar-refractivity contribution in [2.45, 2.75) is 30.7 Å². The summed E-state index contributed by atoms with van der Waals surface area (Å²) in [6.45, 7) is 0. The molecule has 0 aliphatic heterocycles. The molecule has 4 nitrogen and oxygen atoms in total. The Morgan fingerprint density at radius 2 is 2.00 bits per heavy atom. The predicted molar refractivity (Wildman–Crippen MR) is 92.2 cm³/mol. The lowest BCUT2D eigenvalue weighted by Crippen LogP contribution is -2.11. The molecule has 0 N–H and O–H groups in total. The fraction of sp³-hybridized carbons (Fsp3) is 0.278. The van der Waals surface area contributed by atoms with E-state index in [1.165, 1.54) is 24.1 Å². The van der Waals surface area contributed by atoms with Gasteiger partial charge in [0.05, 0.1) is 5.69 Å². The maximum Gasteiger partial charge on any atom is 0.235 e. The van der Waals surface area contributed by atoms with E-state index in [-0.39, 0.29) is 0 Å². The molecule has 0 spiro atoms. The fourth-order valence-electron chi connectivity index (χ4n) is 3.32. The average Bonchev–Trinajstić information content (AvgIpc) is 3.05. The molecule has 2 aromatic heterocycles. The summed E-state index contributed by atoms with van der Waals surface area (Å²) in [7, 11) is 0. The molecule has 1 aromatic carbocycles. The molecule has 0 saturated carbocycles. The number of aryl methyl sites for hydroxylation is 1. The summed E-state index contributed by atoms with van der Waals surface area (Å²) in [5, 5.41) is 1.09. The van der Waals surface area contributed by atoms with Gasteiger partial charge in [-0.3, -0.25) is 9.20 Å². The molecule has 0 bridgehead atoms. The molecule has 116 valence electrons. The first kappa shape index (κ1) is 14.5. The number of carbonyl (C=O) groups excluding carboxylic acids is 1. The van der Waals surface area contributed by atoms with Gasteiger partial charge in [-0.2, -0.15) is 0 Å². The van der Waals surface area contributed by atoms with Crippen LogP contribution in [0, 0.1) is 0 Å². The van der Waals surface area contributed by atoms with Gasteiger partial charge in [0.15, 0.2) is 6.29 Å². The van der Waals surface area contributed by atoms with Gasteiger partial charge in [0.1, 0.15) is 5.03 Å². The second-order valence-corrected chi connectivity index (χ2v) is 6.55. The van der Waals surface area contributed by atoms with Crippen LogP contribution in [0.25, 0.3) is 17.0 Å². The number of benzene rings is 1. The minimum absolute atomic E-state index is 0.662. The zero-order chi connectivity index (χ0) is 15.8. The fourth-order valence-corrected chi connectivity index (χ4v) is 3.96. The molecule has 23 heavy (non-hydrogen) atoms. The molecule has 5 heteroatoms. The van der Waals surface area contributed by atoms with Gasteiger partial charge < -0.3 is 0 Å². The zero-order valence-corrected chi connectivity index (χ0v) is 13.8. The molecule has 3 aromatic rings. The summed E-state index contributed by atoms with van der Waals surface area (Å²) in [5.41, 5.74) is 5.03. The molecule has 1 aliphatic carbocycles. The molecule has 0 saturated heterocycles. The summed E-state index contributed by atoms with van der Waals surface area (Å²) in [6.07, 6.45) is 9.56. The largest absolute Gasteiger partial charge is 0.298 e. The Labute approximate surface area is 139 Å². The summed E-state index contributed by atoms with van der Waals surface area (Å²) in [6, 6.07) is 7.56. The summed E-state index contributed by atoms with van der Waals surface area (Å²) >= 11 is 1.69. The van der Waals surface area contributed by atoms with E-state index in [1.807, 2.05) is 30.5 Å². The highest BCUT2D eigenvalue weighted by molar-refractivity contribution is 7.98. The molecule has 0 radical (unpaired) electrons. The van der Waals surface area contributed by atoms with E-state index >= 15 is 0 Å². The number of nitrogens with zero attached hydrogens (tertiary/aromatic N) is 3. The molecule has 4 rings (SSSR count). The van der Waals surface area contributed by atoms with Crippen molar-refractivity contribution in [1.82, 2.24) is 14.4 Å². The van der Waals surface area contributed by atoms with E-state index in [0.717, 1.165) is 41.2 Å². The van der Waals surface area contributed by atoms with Gasteiger partial charge >= 0.3 is 0 Å². The summed E-state index contributed by atoms with van der Waals surface area (Å²) in [5.74, 6) is 0.728. The normalized spacial score (nSPS) is 14.0. The van der Waals surface area contributed by atoms with Crippen molar-refractivity contribution in [3.8, 4) is 11.3 Å². The Morgan fingerprint density at radius 1 is 1.17 bits per heavy atom. The number of fused-ring (bicyclic) bond motifs is 3. The molecular formula is C18H17N3OS. The second-order valence-electron chi connectivity index (χ2n) is 5.75. The van der Waals surface area contributed by atoms with Gasteiger partial charge in [0.2, 0.25) is 5.78 Å². The SMILES string of the molecule is CSc1nc2nc(-c3ccccc3C=O)cn2c2c1CCCC2. The number of thioether (sulfide) groups is 1. The first-order valence-corrected chi connectivity index (χ1v) is 9.03. The number of imidazole rings is 1. The molecular weight excluding hydrogens is 306 g/mol. The summed E-state index contributed by atoms with van der Waals surface area (Å²) < 4.78 is 2.12. The Balaban J connectivity index is 1.96. The van der Waals surface area contributed by atoms with Crippen LogP contribution in [0.3, 0.4) is 0 Å². The van der Waals surface area contributed by atoms with Crippen molar-refractivity contribution in [2.24, 2.45) is 0 Å². The van der Waals surface area contributed by atoms with Crippen LogP contribution in [-0.2, 0) is 12.8 Å². The third kappa shape index (κ3) is 2.36. The van der Waals surface area contributed by atoms with Crippen LogP contribution in [0.4, 0.5) is 0 Å². The number of aromatic nitrogens is 3. The predicted octanol–water partition coefficient (Wildman–Crippen LogP) is 3.81. The van der Waals surface area contributed by atoms with E-state index in [4.69, 9.17) is 4.98 Å². The van der Waals surface area contributed by atoms with Gasteiger partial charge in [-0.1, -0.05) is 24.3 Å². The number of carbonyl (C=O) groups is 1. The number of aldehydes is 1. The van der Waals surface area contributed by atoms with E-state index in [9.17, 15) is 4.79 Å². The van der Waals surface area contributed by atoms with Crippen molar-refractivity contribution in [1.29, 1.82) is 0 Å². The van der Waals surface area contributed by atoms with Crippen LogP contribution in [-0.4, -0.2) is 26.9 Å². The maximum atomic E-state index is 11.3. The monoisotopic (exact) mass is 323 g/mol. The van der Waals surface area contributed by atoms with E-state index in [2.05, 4.69) is 15.6 Å². The lowest BCUT2D eigenvalue weighted by atomic mass is 9.97. The minimum atomic E-state index is 0.662. The summed E-state index contributed by atoms with van der Waals surface area (Å²) in [4.78, 5) is 20.7. The van der Waals surface area contributed by atoms with E-state index in [0.29, 0.717) is 5.56 Å². The van der Waals surface area contributed by atoms with Crippen molar-refractivity contribution in [2.75, 3.05) is 6.26 Å².